The normalized spacial score (nSPS) is 25.3. The number of hydrogen-bond acceptors (Lipinski definition) is 5. The summed E-state index contributed by atoms with van der Waals surface area (Å²) in [6.07, 6.45) is 5.13. The third-order valence-electron chi connectivity index (χ3n) is 4.45. The Morgan fingerprint density at radius 1 is 1.32 bits per heavy atom. The van der Waals surface area contributed by atoms with Crippen LogP contribution in [0.2, 0.25) is 0 Å². The number of aryl methyl sites for hydroxylation is 1. The Balaban J connectivity index is 1.75. The van der Waals surface area contributed by atoms with Gasteiger partial charge in [0.25, 0.3) is 0 Å². The van der Waals surface area contributed by atoms with Crippen molar-refractivity contribution in [3.8, 4) is 0 Å². The molecule has 0 bridgehead atoms. The Kier molecular flexibility index (Phi) is 3.78. The van der Waals surface area contributed by atoms with Gasteiger partial charge in [0.15, 0.2) is 5.13 Å². The third-order valence-corrected chi connectivity index (χ3v) is 5.74. The number of aliphatic hydroxyl groups excluding tert-OH is 1. The van der Waals surface area contributed by atoms with Gasteiger partial charge >= 0.3 is 0 Å². The molecule has 1 aromatic rings. The van der Waals surface area contributed by atoms with Crippen LogP contribution in [0, 0.1) is 0 Å². The van der Waals surface area contributed by atoms with Gasteiger partial charge in [-0.15, -0.1) is 0 Å². The van der Waals surface area contributed by atoms with Crippen molar-refractivity contribution in [2.75, 3.05) is 32.1 Å². The number of aliphatic hydroxyl groups is 1. The van der Waals surface area contributed by atoms with Crippen molar-refractivity contribution >= 4 is 16.5 Å². The third kappa shape index (κ3) is 2.64. The molecule has 0 aromatic carbocycles. The molecule has 1 fully saturated rings. The average Bonchev–Trinajstić information content (AvgIpc) is 2.84. The molecule has 0 spiro atoms. The zero-order valence-electron chi connectivity index (χ0n) is 11.8. The summed E-state index contributed by atoms with van der Waals surface area (Å²) in [5, 5.41) is 11.1. The molecule has 106 valence electrons. The average molecular weight is 281 g/mol. The van der Waals surface area contributed by atoms with Crippen LogP contribution in [0.4, 0.5) is 5.13 Å². The van der Waals surface area contributed by atoms with E-state index in [-0.39, 0.29) is 6.10 Å². The van der Waals surface area contributed by atoms with Crippen molar-refractivity contribution in [1.29, 1.82) is 0 Å². The predicted molar refractivity (Wildman–Crippen MR) is 78.9 cm³/mol. The number of hydrogen-bond donors (Lipinski definition) is 1. The van der Waals surface area contributed by atoms with Crippen LogP contribution >= 0.6 is 11.3 Å². The molecule has 0 saturated carbocycles. The van der Waals surface area contributed by atoms with Gasteiger partial charge in [0.2, 0.25) is 0 Å². The van der Waals surface area contributed by atoms with Gasteiger partial charge in [-0.05, 0) is 52.2 Å². The maximum atomic E-state index is 10.0. The monoisotopic (exact) mass is 281 g/mol. The summed E-state index contributed by atoms with van der Waals surface area (Å²) in [4.78, 5) is 10.6. The fourth-order valence-corrected chi connectivity index (χ4v) is 4.24. The fraction of sp³-hybridized carbons (Fsp3) is 0.786. The first kappa shape index (κ1) is 13.3. The van der Waals surface area contributed by atoms with E-state index in [4.69, 9.17) is 4.98 Å². The summed E-state index contributed by atoms with van der Waals surface area (Å²) in [5.74, 6) is 0. The van der Waals surface area contributed by atoms with Gasteiger partial charge in [-0.25, -0.2) is 4.98 Å². The molecule has 0 radical (unpaired) electrons. The van der Waals surface area contributed by atoms with Crippen LogP contribution in [0.5, 0.6) is 0 Å². The maximum absolute atomic E-state index is 10.0. The summed E-state index contributed by atoms with van der Waals surface area (Å²) in [7, 11) is 4.35. The lowest BCUT2D eigenvalue weighted by Gasteiger charge is -2.34. The molecule has 3 rings (SSSR count). The van der Waals surface area contributed by atoms with Crippen LogP contribution in [0.1, 0.15) is 42.4 Å². The molecule has 1 saturated heterocycles. The SMILES string of the molecule is CN1CCC(N(C)c2nc3c(s2)C(O)CCC3)CC1. The van der Waals surface area contributed by atoms with Gasteiger partial charge in [0, 0.05) is 13.1 Å². The number of piperidine rings is 1. The van der Waals surface area contributed by atoms with Gasteiger partial charge in [-0.3, -0.25) is 0 Å². The highest BCUT2D eigenvalue weighted by Gasteiger charge is 2.27. The molecular weight excluding hydrogens is 258 g/mol. The van der Waals surface area contributed by atoms with Gasteiger partial charge in [0.1, 0.15) is 0 Å². The van der Waals surface area contributed by atoms with E-state index < -0.39 is 0 Å². The topological polar surface area (TPSA) is 39.6 Å². The van der Waals surface area contributed by atoms with E-state index in [0.29, 0.717) is 6.04 Å². The summed E-state index contributed by atoms with van der Waals surface area (Å²) in [6, 6.07) is 0.598. The minimum absolute atomic E-state index is 0.277. The summed E-state index contributed by atoms with van der Waals surface area (Å²) >= 11 is 1.70. The van der Waals surface area contributed by atoms with Gasteiger partial charge in [-0.2, -0.15) is 0 Å². The second-order valence-corrected chi connectivity index (χ2v) is 6.87. The quantitative estimate of drug-likeness (QED) is 0.900. The van der Waals surface area contributed by atoms with Crippen LogP contribution in [0.15, 0.2) is 0 Å². The molecule has 0 amide bonds. The van der Waals surface area contributed by atoms with Crippen LogP contribution < -0.4 is 4.90 Å². The Bertz CT molecular complexity index is 440. The second-order valence-electron chi connectivity index (χ2n) is 5.86. The first-order valence-electron chi connectivity index (χ1n) is 7.24. The molecule has 1 atom stereocenters. The highest BCUT2D eigenvalue weighted by molar-refractivity contribution is 7.15. The van der Waals surface area contributed by atoms with Crippen LogP contribution in [-0.4, -0.2) is 48.2 Å². The first-order chi connectivity index (χ1) is 9.15. The zero-order chi connectivity index (χ0) is 13.4. The van der Waals surface area contributed by atoms with Gasteiger partial charge in [-0.1, -0.05) is 11.3 Å². The predicted octanol–water partition coefficient (Wildman–Crippen LogP) is 2.04. The number of fused-ring (bicyclic) bond motifs is 1. The van der Waals surface area contributed by atoms with Crippen molar-refractivity contribution in [3.63, 3.8) is 0 Å². The van der Waals surface area contributed by atoms with E-state index >= 15 is 0 Å². The van der Waals surface area contributed by atoms with E-state index in [1.165, 1.54) is 25.9 Å². The minimum atomic E-state index is -0.277. The lowest BCUT2D eigenvalue weighted by atomic mass is 10.0. The lowest BCUT2D eigenvalue weighted by Crippen LogP contribution is -2.41. The number of nitrogens with zero attached hydrogens (tertiary/aromatic N) is 3. The van der Waals surface area contributed by atoms with Crippen LogP contribution in [0.3, 0.4) is 0 Å². The van der Waals surface area contributed by atoms with Crippen molar-refractivity contribution < 1.29 is 5.11 Å². The molecule has 1 aliphatic heterocycles. The first-order valence-corrected chi connectivity index (χ1v) is 8.06. The summed E-state index contributed by atoms with van der Waals surface area (Å²) < 4.78 is 0. The Morgan fingerprint density at radius 3 is 2.74 bits per heavy atom. The Morgan fingerprint density at radius 2 is 2.05 bits per heavy atom. The molecule has 4 nitrogen and oxygen atoms in total. The minimum Gasteiger partial charge on any atom is -0.388 e. The smallest absolute Gasteiger partial charge is 0.185 e. The maximum Gasteiger partial charge on any atom is 0.185 e. The Labute approximate surface area is 119 Å². The van der Waals surface area contributed by atoms with Gasteiger partial charge < -0.3 is 14.9 Å². The number of anilines is 1. The van der Waals surface area contributed by atoms with E-state index in [2.05, 4.69) is 23.9 Å². The molecule has 1 unspecified atom stereocenters. The summed E-state index contributed by atoms with van der Waals surface area (Å²) in [5.41, 5.74) is 1.14. The standard InChI is InChI=1S/C14H23N3OS/c1-16-8-6-10(7-9-16)17(2)14-15-11-4-3-5-12(18)13(11)19-14/h10,12,18H,3-9H2,1-2H3. The molecule has 1 aliphatic carbocycles. The Hall–Kier alpha value is -0.650. The van der Waals surface area contributed by atoms with Crippen molar-refractivity contribution in [2.24, 2.45) is 0 Å². The number of likely N-dealkylation sites (tertiary alicyclic amines) is 1. The van der Waals surface area contributed by atoms with Crippen molar-refractivity contribution in [1.82, 2.24) is 9.88 Å². The molecule has 19 heavy (non-hydrogen) atoms. The van der Waals surface area contributed by atoms with Crippen molar-refractivity contribution in [3.05, 3.63) is 10.6 Å². The van der Waals surface area contributed by atoms with E-state index in [0.717, 1.165) is 35.0 Å². The molecule has 1 aromatic heterocycles. The van der Waals surface area contributed by atoms with Crippen LogP contribution in [0.25, 0.3) is 0 Å². The highest BCUT2D eigenvalue weighted by atomic mass is 32.1. The highest BCUT2D eigenvalue weighted by Crippen LogP contribution is 2.38. The second kappa shape index (κ2) is 5.38. The molecule has 5 heteroatoms. The van der Waals surface area contributed by atoms with E-state index in [1.54, 1.807) is 11.3 Å². The largest absolute Gasteiger partial charge is 0.388 e. The number of rotatable bonds is 2. The van der Waals surface area contributed by atoms with Crippen LogP contribution in [-0.2, 0) is 6.42 Å². The fourth-order valence-electron chi connectivity index (χ4n) is 3.07. The van der Waals surface area contributed by atoms with Gasteiger partial charge in [0.05, 0.1) is 16.7 Å². The summed E-state index contributed by atoms with van der Waals surface area (Å²) in [6.45, 7) is 2.34. The number of thiazole rings is 1. The van der Waals surface area contributed by atoms with Crippen molar-refractivity contribution in [2.45, 2.75) is 44.2 Å². The van der Waals surface area contributed by atoms with E-state index in [9.17, 15) is 5.11 Å². The lowest BCUT2D eigenvalue weighted by molar-refractivity contribution is 0.160. The molecule has 2 heterocycles. The molecular formula is C14H23N3OS. The molecule has 1 N–H and O–H groups in total. The number of aromatic nitrogens is 1. The molecule has 2 aliphatic rings. The zero-order valence-corrected chi connectivity index (χ0v) is 12.6. The van der Waals surface area contributed by atoms with E-state index in [1.807, 2.05) is 0 Å².